The SMILES string of the molecule is O=S1(=O)CC[C@@H](NCc2ccc(-c3cc(Cl)ccc3Cl)o2)C1. The molecule has 1 aliphatic rings. The van der Waals surface area contributed by atoms with Crippen LogP contribution in [0.2, 0.25) is 10.0 Å². The summed E-state index contributed by atoms with van der Waals surface area (Å²) in [4.78, 5) is 0. The third kappa shape index (κ3) is 3.66. The van der Waals surface area contributed by atoms with Crippen molar-refractivity contribution in [2.24, 2.45) is 0 Å². The summed E-state index contributed by atoms with van der Waals surface area (Å²) in [7, 11) is -2.87. The highest BCUT2D eigenvalue weighted by Gasteiger charge is 2.27. The van der Waals surface area contributed by atoms with Crippen LogP contribution < -0.4 is 5.32 Å². The van der Waals surface area contributed by atoms with Gasteiger partial charge in [-0.05, 0) is 36.8 Å². The average Bonchev–Trinajstić information content (AvgIpc) is 3.05. The summed E-state index contributed by atoms with van der Waals surface area (Å²) >= 11 is 12.1. The van der Waals surface area contributed by atoms with Crippen LogP contribution in [0.5, 0.6) is 0 Å². The van der Waals surface area contributed by atoms with E-state index in [0.29, 0.717) is 28.8 Å². The lowest BCUT2D eigenvalue weighted by Crippen LogP contribution is -2.29. The van der Waals surface area contributed by atoms with E-state index in [9.17, 15) is 8.42 Å². The van der Waals surface area contributed by atoms with Gasteiger partial charge in [-0.3, -0.25) is 0 Å². The van der Waals surface area contributed by atoms with E-state index in [0.717, 1.165) is 11.3 Å². The summed E-state index contributed by atoms with van der Waals surface area (Å²) in [6.45, 7) is 0.484. The second-order valence-corrected chi connectivity index (χ2v) is 8.44. The van der Waals surface area contributed by atoms with Gasteiger partial charge in [-0.1, -0.05) is 23.2 Å². The molecule has 118 valence electrons. The predicted molar refractivity (Wildman–Crippen MR) is 88.1 cm³/mol. The van der Waals surface area contributed by atoms with Crippen LogP contribution in [0.1, 0.15) is 12.2 Å². The minimum absolute atomic E-state index is 0.00620. The van der Waals surface area contributed by atoms with Gasteiger partial charge in [-0.25, -0.2) is 8.42 Å². The number of hydrogen-bond donors (Lipinski definition) is 1. The fourth-order valence-corrected chi connectivity index (χ4v) is 4.60. The second-order valence-electron chi connectivity index (χ2n) is 5.37. The Bertz CT molecular complexity index is 786. The van der Waals surface area contributed by atoms with Crippen LogP contribution in [0.25, 0.3) is 11.3 Å². The zero-order valence-corrected chi connectivity index (χ0v) is 14.0. The molecule has 1 fully saturated rings. The summed E-state index contributed by atoms with van der Waals surface area (Å²) in [5.74, 6) is 1.83. The van der Waals surface area contributed by atoms with E-state index >= 15 is 0 Å². The van der Waals surface area contributed by atoms with Crippen LogP contribution in [0.15, 0.2) is 34.7 Å². The highest BCUT2D eigenvalue weighted by atomic mass is 35.5. The maximum Gasteiger partial charge on any atom is 0.151 e. The molecule has 0 saturated carbocycles. The summed E-state index contributed by atoms with van der Waals surface area (Å²) < 4.78 is 28.6. The number of furan rings is 1. The minimum Gasteiger partial charge on any atom is -0.460 e. The lowest BCUT2D eigenvalue weighted by Gasteiger charge is -2.08. The molecule has 1 atom stereocenters. The number of hydrogen-bond acceptors (Lipinski definition) is 4. The monoisotopic (exact) mass is 359 g/mol. The lowest BCUT2D eigenvalue weighted by molar-refractivity contribution is 0.464. The second kappa shape index (κ2) is 6.24. The molecule has 2 heterocycles. The summed E-state index contributed by atoms with van der Waals surface area (Å²) in [6, 6.07) is 8.88. The first-order valence-corrected chi connectivity index (χ1v) is 9.49. The number of rotatable bonds is 4. The van der Waals surface area contributed by atoms with E-state index in [4.69, 9.17) is 27.6 Å². The fourth-order valence-electron chi connectivity index (χ4n) is 2.50. The molecule has 0 aliphatic carbocycles. The molecular formula is C15H15Cl2NO3S. The Balaban J connectivity index is 1.68. The molecule has 1 N–H and O–H groups in total. The molecule has 0 amide bonds. The van der Waals surface area contributed by atoms with Crippen LogP contribution >= 0.6 is 23.2 Å². The molecule has 0 spiro atoms. The van der Waals surface area contributed by atoms with Crippen molar-refractivity contribution in [3.05, 3.63) is 46.1 Å². The normalized spacial score (nSPS) is 20.4. The van der Waals surface area contributed by atoms with E-state index in [-0.39, 0.29) is 17.5 Å². The molecule has 0 bridgehead atoms. The Morgan fingerprint density at radius 3 is 2.77 bits per heavy atom. The number of nitrogens with one attached hydrogen (secondary N) is 1. The standard InChI is InChI=1S/C15H15Cl2NO3S/c16-10-1-3-14(17)13(7-10)15-4-2-12(21-15)8-18-11-5-6-22(19,20)9-11/h1-4,7,11,18H,5-6,8-9H2/t11-/m1/s1. The van der Waals surface area contributed by atoms with Crippen molar-refractivity contribution in [2.75, 3.05) is 11.5 Å². The van der Waals surface area contributed by atoms with E-state index in [1.54, 1.807) is 18.2 Å². The molecule has 3 rings (SSSR count). The maximum atomic E-state index is 11.4. The smallest absolute Gasteiger partial charge is 0.151 e. The van der Waals surface area contributed by atoms with Crippen molar-refractivity contribution in [3.8, 4) is 11.3 Å². The van der Waals surface area contributed by atoms with Crippen LogP contribution in [0.4, 0.5) is 0 Å². The van der Waals surface area contributed by atoms with Crippen molar-refractivity contribution in [2.45, 2.75) is 19.0 Å². The highest BCUT2D eigenvalue weighted by molar-refractivity contribution is 7.91. The lowest BCUT2D eigenvalue weighted by atomic mass is 10.2. The van der Waals surface area contributed by atoms with Gasteiger partial charge in [0.2, 0.25) is 0 Å². The molecule has 4 nitrogen and oxygen atoms in total. The van der Waals surface area contributed by atoms with Gasteiger partial charge in [0.15, 0.2) is 9.84 Å². The Kier molecular flexibility index (Phi) is 4.50. The van der Waals surface area contributed by atoms with Crippen molar-refractivity contribution >= 4 is 33.0 Å². The molecule has 7 heteroatoms. The van der Waals surface area contributed by atoms with Crippen LogP contribution in [-0.4, -0.2) is 26.0 Å². The molecule has 2 aromatic rings. The van der Waals surface area contributed by atoms with Crippen molar-refractivity contribution in [3.63, 3.8) is 0 Å². The quantitative estimate of drug-likeness (QED) is 0.906. The number of halogens is 2. The number of benzene rings is 1. The van der Waals surface area contributed by atoms with E-state index in [1.165, 1.54) is 0 Å². The van der Waals surface area contributed by atoms with Gasteiger partial charge in [0, 0.05) is 16.6 Å². The van der Waals surface area contributed by atoms with Crippen molar-refractivity contribution in [1.82, 2.24) is 5.32 Å². The van der Waals surface area contributed by atoms with Gasteiger partial charge in [-0.15, -0.1) is 0 Å². The molecule has 1 aromatic heterocycles. The topological polar surface area (TPSA) is 59.3 Å². The predicted octanol–water partition coefficient (Wildman–Crippen LogP) is 3.53. The van der Waals surface area contributed by atoms with Gasteiger partial charge in [0.05, 0.1) is 23.1 Å². The first-order chi connectivity index (χ1) is 10.4. The molecular weight excluding hydrogens is 345 g/mol. The summed E-state index contributed by atoms with van der Waals surface area (Å²) in [5, 5.41) is 4.37. The van der Waals surface area contributed by atoms with Gasteiger partial charge >= 0.3 is 0 Å². The Hall–Kier alpha value is -1.01. The van der Waals surface area contributed by atoms with Crippen LogP contribution in [0.3, 0.4) is 0 Å². The third-order valence-electron chi connectivity index (χ3n) is 3.65. The molecule has 0 unspecified atom stereocenters. The molecule has 0 radical (unpaired) electrons. The van der Waals surface area contributed by atoms with Gasteiger partial charge in [0.25, 0.3) is 0 Å². The van der Waals surface area contributed by atoms with Crippen molar-refractivity contribution < 1.29 is 12.8 Å². The fraction of sp³-hybridized carbons (Fsp3) is 0.333. The van der Waals surface area contributed by atoms with Gasteiger partial charge in [-0.2, -0.15) is 0 Å². The zero-order chi connectivity index (χ0) is 15.7. The average molecular weight is 360 g/mol. The van der Waals surface area contributed by atoms with Crippen LogP contribution in [-0.2, 0) is 16.4 Å². The van der Waals surface area contributed by atoms with E-state index < -0.39 is 9.84 Å². The molecule has 1 aromatic carbocycles. The van der Waals surface area contributed by atoms with E-state index in [1.807, 2.05) is 12.1 Å². The van der Waals surface area contributed by atoms with Crippen LogP contribution in [0, 0.1) is 0 Å². The first kappa shape index (κ1) is 15.9. The van der Waals surface area contributed by atoms with Crippen molar-refractivity contribution in [1.29, 1.82) is 0 Å². The van der Waals surface area contributed by atoms with Gasteiger partial charge < -0.3 is 9.73 Å². The summed E-state index contributed by atoms with van der Waals surface area (Å²) in [5.41, 5.74) is 0.740. The molecule has 1 saturated heterocycles. The van der Waals surface area contributed by atoms with E-state index in [2.05, 4.69) is 5.32 Å². The van der Waals surface area contributed by atoms with Gasteiger partial charge in [0.1, 0.15) is 11.5 Å². The largest absolute Gasteiger partial charge is 0.460 e. The maximum absolute atomic E-state index is 11.4. The summed E-state index contributed by atoms with van der Waals surface area (Å²) in [6.07, 6.45) is 0.649. The molecule has 22 heavy (non-hydrogen) atoms. The Morgan fingerprint density at radius 1 is 1.23 bits per heavy atom. The minimum atomic E-state index is -2.87. The Labute approximate surface area is 139 Å². The highest BCUT2D eigenvalue weighted by Crippen LogP contribution is 2.31. The zero-order valence-electron chi connectivity index (χ0n) is 11.7. The number of sulfone groups is 1. The Morgan fingerprint density at radius 2 is 2.05 bits per heavy atom. The third-order valence-corrected chi connectivity index (χ3v) is 5.99. The molecule has 1 aliphatic heterocycles. The first-order valence-electron chi connectivity index (χ1n) is 6.91.